The van der Waals surface area contributed by atoms with Gasteiger partial charge in [-0.2, -0.15) is 0 Å². The molecule has 2 atom stereocenters. The minimum Gasteiger partial charge on any atom is -0.359 e. The minimum atomic E-state index is -0.537. The van der Waals surface area contributed by atoms with Crippen LogP contribution < -0.4 is 0 Å². The maximum atomic E-state index is 6.25. The second kappa shape index (κ2) is 4.54. The lowest BCUT2D eigenvalue weighted by Crippen LogP contribution is -2.26. The van der Waals surface area contributed by atoms with Gasteiger partial charge in [0.1, 0.15) is 0 Å². The van der Waals surface area contributed by atoms with Crippen LogP contribution in [0.3, 0.4) is 0 Å². The number of halogens is 2. The van der Waals surface area contributed by atoms with Gasteiger partial charge in [-0.1, -0.05) is 23.2 Å². The molecule has 1 aromatic carbocycles. The molecule has 0 aromatic heterocycles. The predicted octanol–water partition coefficient (Wildman–Crippen LogP) is 4.18. The van der Waals surface area contributed by atoms with Crippen LogP contribution in [0, 0.1) is 0 Å². The molecule has 1 saturated heterocycles. The van der Waals surface area contributed by atoms with E-state index in [1.54, 1.807) is 11.8 Å². The van der Waals surface area contributed by atoms with Crippen molar-refractivity contribution < 1.29 is 4.74 Å². The predicted molar refractivity (Wildman–Crippen MR) is 65.9 cm³/mol. The zero-order chi connectivity index (χ0) is 10.9. The summed E-state index contributed by atoms with van der Waals surface area (Å²) in [5, 5.41) is 0.528. The molecular formula is C11H12Cl2OS. The normalized spacial score (nSPS) is 30.7. The van der Waals surface area contributed by atoms with Crippen molar-refractivity contribution in [2.45, 2.75) is 28.6 Å². The summed E-state index contributed by atoms with van der Waals surface area (Å²) in [7, 11) is 0. The van der Waals surface area contributed by atoms with E-state index in [0.29, 0.717) is 5.25 Å². The van der Waals surface area contributed by atoms with Crippen LogP contribution in [-0.2, 0) is 4.74 Å². The minimum absolute atomic E-state index is 0.306. The van der Waals surface area contributed by atoms with E-state index < -0.39 is 5.06 Å². The molecule has 0 spiro atoms. The highest BCUT2D eigenvalue weighted by Crippen LogP contribution is 2.41. The molecule has 82 valence electrons. The molecule has 2 rings (SSSR count). The Morgan fingerprint density at radius 2 is 2.07 bits per heavy atom. The second-order valence-corrected chi connectivity index (χ2v) is 6.15. The highest BCUT2D eigenvalue weighted by atomic mass is 35.5. The molecule has 4 heteroatoms. The van der Waals surface area contributed by atoms with Crippen molar-refractivity contribution in [2.24, 2.45) is 0 Å². The van der Waals surface area contributed by atoms with Crippen LogP contribution >= 0.6 is 35.0 Å². The summed E-state index contributed by atoms with van der Waals surface area (Å²) < 4.78 is 5.47. The van der Waals surface area contributed by atoms with E-state index in [2.05, 4.69) is 0 Å². The van der Waals surface area contributed by atoms with Gasteiger partial charge in [0.05, 0.1) is 11.9 Å². The van der Waals surface area contributed by atoms with E-state index in [1.807, 2.05) is 31.2 Å². The van der Waals surface area contributed by atoms with Crippen LogP contribution in [0.25, 0.3) is 0 Å². The fourth-order valence-electron chi connectivity index (χ4n) is 1.56. The van der Waals surface area contributed by atoms with Crippen molar-refractivity contribution >= 4 is 35.0 Å². The van der Waals surface area contributed by atoms with Gasteiger partial charge in [-0.25, -0.2) is 0 Å². The molecule has 0 saturated carbocycles. The lowest BCUT2D eigenvalue weighted by atomic mass is 10.2. The Bertz CT molecular complexity index is 337. The van der Waals surface area contributed by atoms with Crippen LogP contribution in [-0.4, -0.2) is 16.9 Å². The monoisotopic (exact) mass is 262 g/mol. The van der Waals surface area contributed by atoms with Gasteiger partial charge in [0.15, 0.2) is 5.06 Å². The Balaban J connectivity index is 2.06. The Morgan fingerprint density at radius 3 is 2.60 bits per heavy atom. The first-order valence-corrected chi connectivity index (χ1v) is 6.46. The fourth-order valence-corrected chi connectivity index (χ4v) is 3.12. The number of alkyl halides is 1. The molecule has 15 heavy (non-hydrogen) atoms. The van der Waals surface area contributed by atoms with Crippen molar-refractivity contribution in [2.75, 3.05) is 6.61 Å². The van der Waals surface area contributed by atoms with Gasteiger partial charge in [0.2, 0.25) is 0 Å². The number of thioether (sulfide) groups is 1. The maximum Gasteiger partial charge on any atom is 0.151 e. The van der Waals surface area contributed by atoms with E-state index in [4.69, 9.17) is 27.9 Å². The molecule has 1 fully saturated rings. The van der Waals surface area contributed by atoms with E-state index in [1.165, 1.54) is 4.90 Å². The second-order valence-electron chi connectivity index (χ2n) is 3.68. The lowest BCUT2D eigenvalue weighted by Gasteiger charge is -2.22. The molecule has 0 aliphatic carbocycles. The average Bonchev–Trinajstić information content (AvgIpc) is 2.50. The van der Waals surface area contributed by atoms with Crippen LogP contribution in [0.15, 0.2) is 29.2 Å². The van der Waals surface area contributed by atoms with Crippen molar-refractivity contribution in [1.82, 2.24) is 0 Å². The summed E-state index contributed by atoms with van der Waals surface area (Å²) in [6.45, 7) is 2.67. The van der Waals surface area contributed by atoms with Crippen LogP contribution in [0.4, 0.5) is 0 Å². The van der Waals surface area contributed by atoms with Gasteiger partial charge in [-0.05, 0) is 37.6 Å². The van der Waals surface area contributed by atoms with E-state index in [9.17, 15) is 0 Å². The zero-order valence-electron chi connectivity index (χ0n) is 8.37. The molecular weight excluding hydrogens is 251 g/mol. The van der Waals surface area contributed by atoms with Crippen molar-refractivity contribution in [1.29, 1.82) is 0 Å². The van der Waals surface area contributed by atoms with E-state index >= 15 is 0 Å². The first kappa shape index (κ1) is 11.6. The number of ether oxygens (including phenoxy) is 1. The molecule has 0 bridgehead atoms. The molecule has 1 aromatic rings. The summed E-state index contributed by atoms with van der Waals surface area (Å²) in [6.07, 6.45) is 0.993. The molecule has 0 amide bonds. The summed E-state index contributed by atoms with van der Waals surface area (Å²) in [4.78, 5) is 1.18. The maximum absolute atomic E-state index is 6.25. The lowest BCUT2D eigenvalue weighted by molar-refractivity contribution is 0.0927. The Morgan fingerprint density at radius 1 is 1.40 bits per heavy atom. The van der Waals surface area contributed by atoms with Crippen molar-refractivity contribution in [3.8, 4) is 0 Å². The SMILES string of the molecule is CC1(Cl)OCCC1Sc1ccc(Cl)cc1. The number of hydrogen-bond acceptors (Lipinski definition) is 2. The largest absolute Gasteiger partial charge is 0.359 e. The molecule has 1 heterocycles. The Kier molecular flexibility index (Phi) is 3.51. The highest BCUT2D eigenvalue weighted by molar-refractivity contribution is 8.00. The highest BCUT2D eigenvalue weighted by Gasteiger charge is 2.38. The third-order valence-corrected chi connectivity index (χ3v) is 4.70. The third kappa shape index (κ3) is 2.82. The Labute approximate surface area is 104 Å². The molecule has 0 N–H and O–H groups in total. The number of rotatable bonds is 2. The summed E-state index contributed by atoms with van der Waals surface area (Å²) in [6, 6.07) is 7.81. The standard InChI is InChI=1S/C11H12Cl2OS/c1-11(13)10(6-7-14-11)15-9-4-2-8(12)3-5-9/h2-5,10H,6-7H2,1H3. The third-order valence-electron chi connectivity index (χ3n) is 2.43. The quantitative estimate of drug-likeness (QED) is 0.740. The molecule has 0 radical (unpaired) electrons. The van der Waals surface area contributed by atoms with E-state index in [-0.39, 0.29) is 0 Å². The zero-order valence-corrected chi connectivity index (χ0v) is 10.7. The van der Waals surface area contributed by atoms with Gasteiger partial charge < -0.3 is 4.74 Å². The molecule has 2 unspecified atom stereocenters. The Hall–Kier alpha value is 0.110. The first-order chi connectivity index (χ1) is 7.08. The van der Waals surface area contributed by atoms with Gasteiger partial charge in [0, 0.05) is 9.92 Å². The molecule has 1 aliphatic rings. The summed E-state index contributed by atoms with van der Waals surface area (Å²) in [5.41, 5.74) is 0. The first-order valence-electron chi connectivity index (χ1n) is 4.83. The van der Waals surface area contributed by atoms with Crippen LogP contribution in [0.1, 0.15) is 13.3 Å². The molecule has 1 nitrogen and oxygen atoms in total. The topological polar surface area (TPSA) is 9.23 Å². The smallest absolute Gasteiger partial charge is 0.151 e. The number of benzene rings is 1. The van der Waals surface area contributed by atoms with E-state index in [0.717, 1.165) is 18.1 Å². The van der Waals surface area contributed by atoms with Crippen molar-refractivity contribution in [3.05, 3.63) is 29.3 Å². The van der Waals surface area contributed by atoms with Gasteiger partial charge in [-0.3, -0.25) is 0 Å². The van der Waals surface area contributed by atoms with Crippen molar-refractivity contribution in [3.63, 3.8) is 0 Å². The van der Waals surface area contributed by atoms with Gasteiger partial charge in [0.25, 0.3) is 0 Å². The summed E-state index contributed by atoms with van der Waals surface area (Å²) in [5.74, 6) is 0. The number of hydrogen-bond donors (Lipinski definition) is 0. The fraction of sp³-hybridized carbons (Fsp3) is 0.455. The van der Waals surface area contributed by atoms with Gasteiger partial charge >= 0.3 is 0 Å². The van der Waals surface area contributed by atoms with Crippen LogP contribution in [0.5, 0.6) is 0 Å². The average molecular weight is 263 g/mol. The molecule has 1 aliphatic heterocycles. The summed E-state index contributed by atoms with van der Waals surface area (Å²) >= 11 is 13.8. The van der Waals surface area contributed by atoms with Crippen LogP contribution in [0.2, 0.25) is 5.02 Å². The van der Waals surface area contributed by atoms with Gasteiger partial charge in [-0.15, -0.1) is 11.8 Å².